The van der Waals surface area contributed by atoms with Gasteiger partial charge < -0.3 is 14.4 Å². The van der Waals surface area contributed by atoms with E-state index < -0.39 is 21.5 Å². The van der Waals surface area contributed by atoms with E-state index in [0.29, 0.717) is 37.0 Å². The second-order valence-electron chi connectivity index (χ2n) is 8.36. The van der Waals surface area contributed by atoms with E-state index in [2.05, 4.69) is 4.90 Å². The molecule has 1 saturated heterocycles. The summed E-state index contributed by atoms with van der Waals surface area (Å²) in [6, 6.07) is 15.8. The Morgan fingerprint density at radius 2 is 1.66 bits per heavy atom. The van der Waals surface area contributed by atoms with Crippen LogP contribution < -0.4 is 10.2 Å². The molecule has 7 nitrogen and oxygen atoms in total. The van der Waals surface area contributed by atoms with Crippen molar-refractivity contribution >= 4 is 16.7 Å². The van der Waals surface area contributed by atoms with Crippen molar-refractivity contribution in [3.8, 4) is 16.9 Å². The molecule has 1 aliphatic carbocycles. The monoisotopic (exact) mass is 458 g/mol. The summed E-state index contributed by atoms with van der Waals surface area (Å²) in [5, 5.41) is 9.35. The Balaban J connectivity index is 1.47. The van der Waals surface area contributed by atoms with Gasteiger partial charge in [0.05, 0.1) is 17.4 Å². The fourth-order valence-corrected chi connectivity index (χ4v) is 5.87. The van der Waals surface area contributed by atoms with Crippen molar-refractivity contribution in [1.29, 1.82) is 0 Å². The van der Waals surface area contributed by atoms with Crippen LogP contribution in [0.3, 0.4) is 0 Å². The molecule has 8 heteroatoms. The molecule has 1 atom stereocenters. The fourth-order valence-electron chi connectivity index (χ4n) is 4.27. The molecule has 0 radical (unpaired) electrons. The first-order chi connectivity index (χ1) is 15.6. The van der Waals surface area contributed by atoms with Crippen LogP contribution in [-0.2, 0) is 20.3 Å². The number of piperidine rings is 1. The summed E-state index contributed by atoms with van der Waals surface area (Å²) in [6.45, 7) is 2.48. The fraction of sp³-hybridized carbons (Fsp3) is 0.458. The number of hydrogen-bond acceptors (Lipinski definition) is 6. The van der Waals surface area contributed by atoms with Gasteiger partial charge in [0.25, 0.3) is 5.91 Å². The molecule has 2 fully saturated rings. The predicted octanol–water partition coefficient (Wildman–Crippen LogP) is 2.99. The third-order valence-corrected chi connectivity index (χ3v) is 8.36. The summed E-state index contributed by atoms with van der Waals surface area (Å²) < 4.78 is 23.0. The minimum atomic E-state index is -1.57. The Kier molecular flexibility index (Phi) is 7.25. The Morgan fingerprint density at radius 3 is 2.19 bits per heavy atom. The number of rotatable bonds is 9. The zero-order valence-electron chi connectivity index (χ0n) is 18.3. The lowest BCUT2D eigenvalue weighted by Crippen LogP contribution is -2.56. The number of carbonyl (C=O) groups is 1. The molecule has 4 rings (SSSR count). The molecule has 2 aromatic carbocycles. The highest BCUT2D eigenvalue weighted by molar-refractivity contribution is 7.87. The van der Waals surface area contributed by atoms with Gasteiger partial charge in [-0.3, -0.25) is 14.2 Å². The highest BCUT2D eigenvalue weighted by Gasteiger charge is 2.49. The van der Waals surface area contributed by atoms with Gasteiger partial charge in [-0.2, -0.15) is 0 Å². The Labute approximate surface area is 191 Å². The first-order valence-corrected chi connectivity index (χ1v) is 12.1. The lowest BCUT2D eigenvalue weighted by molar-refractivity contribution is -0.133. The molecule has 0 spiro atoms. The van der Waals surface area contributed by atoms with Crippen LogP contribution in [0.15, 0.2) is 53.4 Å². The number of methoxy groups -OCH3 is 1. The molecular weight excluding hydrogens is 428 g/mol. The normalized spacial score (nSPS) is 19.3. The minimum absolute atomic E-state index is 0.467. The summed E-state index contributed by atoms with van der Waals surface area (Å²) in [5.74, 6) is 0.220. The van der Waals surface area contributed by atoms with Crippen molar-refractivity contribution in [2.24, 2.45) is 0 Å². The van der Waals surface area contributed by atoms with Crippen molar-refractivity contribution in [2.75, 3.05) is 33.4 Å². The number of carbonyl (C=O) groups excluding carboxylic acids is 1. The Bertz CT molecular complexity index is 936. The molecule has 1 amide bonds. The zero-order chi connectivity index (χ0) is 22.6. The molecule has 2 aromatic rings. The van der Waals surface area contributed by atoms with Crippen LogP contribution in [0.4, 0.5) is 0 Å². The quantitative estimate of drug-likeness (QED) is 0.341. The third-order valence-electron chi connectivity index (χ3n) is 6.35. The highest BCUT2D eigenvalue weighted by Crippen LogP contribution is 2.37. The largest absolute Gasteiger partial charge is 0.491 e. The van der Waals surface area contributed by atoms with Crippen molar-refractivity contribution in [2.45, 2.75) is 41.4 Å². The average Bonchev–Trinajstić information content (AvgIpc) is 3.69. The molecule has 2 aliphatic rings. The molecule has 0 bridgehead atoms. The van der Waals surface area contributed by atoms with Gasteiger partial charge in [0, 0.05) is 31.1 Å². The number of nitrogens with zero attached hydrogens (tertiary/aromatic N) is 1. The van der Waals surface area contributed by atoms with E-state index in [9.17, 15) is 14.2 Å². The topological polar surface area (TPSA) is 88.1 Å². The smallest absolute Gasteiger partial charge is 0.262 e. The van der Waals surface area contributed by atoms with Crippen molar-refractivity contribution in [1.82, 2.24) is 10.4 Å². The lowest BCUT2D eigenvalue weighted by atomic mass is 9.94. The second kappa shape index (κ2) is 10.1. The second-order valence-corrected chi connectivity index (χ2v) is 10.2. The molecule has 1 aliphatic heterocycles. The molecule has 1 heterocycles. The minimum Gasteiger partial charge on any atom is -0.491 e. The molecule has 32 heavy (non-hydrogen) atoms. The van der Waals surface area contributed by atoms with E-state index in [0.717, 1.165) is 30.0 Å². The van der Waals surface area contributed by atoms with Gasteiger partial charge in [0.1, 0.15) is 17.1 Å². The maximum absolute atomic E-state index is 13.5. The molecular formula is C24H30N2O5S. The summed E-state index contributed by atoms with van der Waals surface area (Å²) in [7, 11) is 0.0673. The maximum atomic E-state index is 13.5. The SMILES string of the molecule is COCCOc1ccc(-c2ccc(S(=O)C3(C(=O)NO)CCN(C4CC4)CC3)cc2)cc1. The molecule has 2 N–H and O–H groups in total. The molecule has 1 unspecified atom stereocenters. The van der Waals surface area contributed by atoms with E-state index in [-0.39, 0.29) is 0 Å². The van der Waals surface area contributed by atoms with Gasteiger partial charge in [-0.15, -0.1) is 0 Å². The van der Waals surface area contributed by atoms with Crippen LogP contribution in [0.25, 0.3) is 11.1 Å². The molecule has 0 aromatic heterocycles. The van der Waals surface area contributed by atoms with Gasteiger partial charge in [0.15, 0.2) is 0 Å². The summed E-state index contributed by atoms with van der Waals surface area (Å²) in [6.07, 6.45) is 3.33. The standard InChI is InChI=1S/C24H30N2O5S/c1-30-16-17-31-21-8-2-18(3-9-21)19-4-10-22(11-5-19)32(29)24(23(27)25-28)12-14-26(15-13-24)20-6-7-20/h2-5,8-11,20,28H,6-7,12-17H2,1H3,(H,25,27). The Hall–Kier alpha value is -2.26. The lowest BCUT2D eigenvalue weighted by Gasteiger charge is -2.39. The third kappa shape index (κ3) is 4.88. The number of benzene rings is 2. The summed E-state index contributed by atoms with van der Waals surface area (Å²) in [4.78, 5) is 15.6. The number of ether oxygens (including phenoxy) is 2. The Morgan fingerprint density at radius 1 is 1.06 bits per heavy atom. The predicted molar refractivity (Wildman–Crippen MR) is 122 cm³/mol. The number of hydroxylamine groups is 1. The molecule has 172 valence electrons. The van der Waals surface area contributed by atoms with Gasteiger partial charge in [-0.25, -0.2) is 5.48 Å². The number of amides is 1. The van der Waals surface area contributed by atoms with Crippen LogP contribution in [0, 0.1) is 0 Å². The van der Waals surface area contributed by atoms with Crippen molar-refractivity contribution in [3.05, 3.63) is 48.5 Å². The molecule has 1 saturated carbocycles. The van der Waals surface area contributed by atoms with Gasteiger partial charge in [-0.1, -0.05) is 24.3 Å². The summed E-state index contributed by atoms with van der Waals surface area (Å²) in [5.41, 5.74) is 3.78. The van der Waals surface area contributed by atoms with Gasteiger partial charge >= 0.3 is 0 Å². The van der Waals surface area contributed by atoms with Crippen molar-refractivity contribution in [3.63, 3.8) is 0 Å². The number of nitrogens with one attached hydrogen (secondary N) is 1. The van der Waals surface area contributed by atoms with E-state index in [1.165, 1.54) is 12.8 Å². The van der Waals surface area contributed by atoms with Crippen molar-refractivity contribution < 1.29 is 23.7 Å². The average molecular weight is 459 g/mol. The van der Waals surface area contributed by atoms with E-state index >= 15 is 0 Å². The van der Waals surface area contributed by atoms with E-state index in [1.54, 1.807) is 12.6 Å². The first-order valence-electron chi connectivity index (χ1n) is 11.0. The number of likely N-dealkylation sites (tertiary alicyclic amines) is 1. The first kappa shape index (κ1) is 22.9. The zero-order valence-corrected chi connectivity index (χ0v) is 19.1. The maximum Gasteiger partial charge on any atom is 0.262 e. The van der Waals surface area contributed by atoms with Gasteiger partial charge in [0.2, 0.25) is 0 Å². The van der Waals surface area contributed by atoms with Crippen LogP contribution in [0.2, 0.25) is 0 Å². The van der Waals surface area contributed by atoms with Gasteiger partial charge in [-0.05, 0) is 61.1 Å². The van der Waals surface area contributed by atoms with Crippen LogP contribution in [0.5, 0.6) is 5.75 Å². The van der Waals surface area contributed by atoms with Crippen LogP contribution in [0.1, 0.15) is 25.7 Å². The number of hydrogen-bond donors (Lipinski definition) is 2. The van der Waals surface area contributed by atoms with Crippen LogP contribution in [-0.4, -0.2) is 64.4 Å². The van der Waals surface area contributed by atoms with E-state index in [1.807, 2.05) is 48.5 Å². The van der Waals surface area contributed by atoms with Crippen LogP contribution >= 0.6 is 0 Å². The van der Waals surface area contributed by atoms with E-state index in [4.69, 9.17) is 9.47 Å². The highest BCUT2D eigenvalue weighted by atomic mass is 32.2. The summed E-state index contributed by atoms with van der Waals surface area (Å²) >= 11 is 0.